The topological polar surface area (TPSA) is 65.5 Å². The Morgan fingerprint density at radius 3 is 2.59 bits per heavy atom. The van der Waals surface area contributed by atoms with Crippen molar-refractivity contribution in [3.05, 3.63) is 58.2 Å². The molecule has 0 unspecified atom stereocenters. The van der Waals surface area contributed by atoms with E-state index < -0.39 is 5.97 Å². The van der Waals surface area contributed by atoms with Crippen LogP contribution in [-0.4, -0.2) is 30.0 Å². The van der Waals surface area contributed by atoms with E-state index in [1.807, 2.05) is 0 Å². The lowest BCUT2D eigenvalue weighted by molar-refractivity contribution is 0.0470. The SMILES string of the molecule is CCOc1ncccc1C(=O)OCC(=O)c1ccc(Br)cc1. The molecule has 0 fully saturated rings. The Morgan fingerprint density at radius 1 is 1.18 bits per heavy atom. The molecule has 0 radical (unpaired) electrons. The lowest BCUT2D eigenvalue weighted by Gasteiger charge is -2.08. The second-order valence-corrected chi connectivity index (χ2v) is 5.21. The molecular weight excluding hydrogens is 350 g/mol. The van der Waals surface area contributed by atoms with Gasteiger partial charge in [-0.1, -0.05) is 28.1 Å². The molecular formula is C16H14BrNO4. The normalized spacial score (nSPS) is 10.1. The average molecular weight is 364 g/mol. The lowest BCUT2D eigenvalue weighted by atomic mass is 10.1. The van der Waals surface area contributed by atoms with Gasteiger partial charge in [0.2, 0.25) is 5.88 Å². The van der Waals surface area contributed by atoms with Crippen LogP contribution in [0.5, 0.6) is 5.88 Å². The van der Waals surface area contributed by atoms with Crippen molar-refractivity contribution in [1.29, 1.82) is 0 Å². The van der Waals surface area contributed by atoms with Crippen molar-refractivity contribution in [3.63, 3.8) is 0 Å². The van der Waals surface area contributed by atoms with Crippen LogP contribution in [0.3, 0.4) is 0 Å². The molecule has 0 amide bonds. The van der Waals surface area contributed by atoms with Crippen LogP contribution < -0.4 is 4.74 Å². The molecule has 0 saturated heterocycles. The number of aromatic nitrogens is 1. The zero-order valence-corrected chi connectivity index (χ0v) is 13.5. The predicted molar refractivity (Wildman–Crippen MR) is 84.2 cm³/mol. The van der Waals surface area contributed by atoms with Crippen molar-refractivity contribution in [3.8, 4) is 5.88 Å². The van der Waals surface area contributed by atoms with E-state index >= 15 is 0 Å². The molecule has 1 aromatic carbocycles. The third-order valence-corrected chi connectivity index (χ3v) is 3.30. The Bertz CT molecular complexity index is 670. The number of benzene rings is 1. The van der Waals surface area contributed by atoms with E-state index in [4.69, 9.17) is 9.47 Å². The molecule has 1 aromatic heterocycles. The highest BCUT2D eigenvalue weighted by Gasteiger charge is 2.16. The summed E-state index contributed by atoms with van der Waals surface area (Å²) in [4.78, 5) is 28.0. The van der Waals surface area contributed by atoms with Crippen molar-refractivity contribution in [2.24, 2.45) is 0 Å². The Balaban J connectivity index is 2.01. The molecule has 0 atom stereocenters. The van der Waals surface area contributed by atoms with Crippen LogP contribution in [0, 0.1) is 0 Å². The third-order valence-electron chi connectivity index (χ3n) is 2.77. The highest BCUT2D eigenvalue weighted by molar-refractivity contribution is 9.10. The van der Waals surface area contributed by atoms with Crippen LogP contribution >= 0.6 is 15.9 Å². The summed E-state index contributed by atoms with van der Waals surface area (Å²) in [5, 5.41) is 0. The van der Waals surface area contributed by atoms with Gasteiger partial charge in [-0.2, -0.15) is 0 Å². The minimum absolute atomic E-state index is 0.200. The highest BCUT2D eigenvalue weighted by atomic mass is 79.9. The van der Waals surface area contributed by atoms with Gasteiger partial charge in [0.05, 0.1) is 6.61 Å². The maximum atomic E-state index is 12.0. The number of carbonyl (C=O) groups excluding carboxylic acids is 2. The summed E-state index contributed by atoms with van der Waals surface area (Å²) < 4.78 is 11.2. The van der Waals surface area contributed by atoms with Gasteiger partial charge in [0.1, 0.15) is 5.56 Å². The molecule has 22 heavy (non-hydrogen) atoms. The minimum atomic E-state index is -0.637. The van der Waals surface area contributed by atoms with Crippen LogP contribution in [0.4, 0.5) is 0 Å². The number of esters is 1. The van der Waals surface area contributed by atoms with Crippen molar-refractivity contribution in [2.75, 3.05) is 13.2 Å². The standard InChI is InChI=1S/C16H14BrNO4/c1-2-21-15-13(4-3-9-18-15)16(20)22-10-14(19)11-5-7-12(17)8-6-11/h3-9H,2,10H2,1H3. The fourth-order valence-corrected chi connectivity index (χ4v) is 1.99. The van der Waals surface area contributed by atoms with Gasteiger partial charge in [-0.15, -0.1) is 0 Å². The van der Waals surface area contributed by atoms with Gasteiger partial charge in [0.25, 0.3) is 0 Å². The second-order valence-electron chi connectivity index (χ2n) is 4.30. The molecule has 2 rings (SSSR count). The number of carbonyl (C=O) groups is 2. The van der Waals surface area contributed by atoms with Gasteiger partial charge < -0.3 is 9.47 Å². The smallest absolute Gasteiger partial charge is 0.344 e. The number of nitrogens with zero attached hydrogens (tertiary/aromatic N) is 1. The van der Waals surface area contributed by atoms with Crippen LogP contribution in [-0.2, 0) is 4.74 Å². The molecule has 1 heterocycles. The first-order valence-corrected chi connectivity index (χ1v) is 7.45. The maximum absolute atomic E-state index is 12.0. The Labute approximate surface area is 136 Å². The lowest BCUT2D eigenvalue weighted by Crippen LogP contribution is -2.15. The van der Waals surface area contributed by atoms with E-state index in [1.54, 1.807) is 43.3 Å². The molecule has 0 aliphatic heterocycles. The number of ketones is 1. The van der Waals surface area contributed by atoms with Gasteiger partial charge in [-0.25, -0.2) is 9.78 Å². The van der Waals surface area contributed by atoms with E-state index in [-0.39, 0.29) is 23.8 Å². The number of rotatable bonds is 6. The second kappa shape index (κ2) is 7.70. The summed E-state index contributed by atoms with van der Waals surface area (Å²) in [6.07, 6.45) is 1.52. The summed E-state index contributed by atoms with van der Waals surface area (Å²) in [6.45, 7) is 1.84. The highest BCUT2D eigenvalue weighted by Crippen LogP contribution is 2.16. The van der Waals surface area contributed by atoms with E-state index in [9.17, 15) is 9.59 Å². The van der Waals surface area contributed by atoms with E-state index in [0.717, 1.165) is 4.47 Å². The summed E-state index contributed by atoms with van der Waals surface area (Å²) in [5.74, 6) is -0.712. The van der Waals surface area contributed by atoms with Crippen molar-refractivity contribution < 1.29 is 19.1 Å². The summed E-state index contributed by atoms with van der Waals surface area (Å²) in [6, 6.07) is 9.98. The Kier molecular flexibility index (Phi) is 5.66. The quantitative estimate of drug-likeness (QED) is 0.581. The molecule has 0 saturated carbocycles. The van der Waals surface area contributed by atoms with E-state index in [0.29, 0.717) is 12.2 Å². The fraction of sp³-hybridized carbons (Fsp3) is 0.188. The van der Waals surface area contributed by atoms with Crippen LogP contribution in [0.1, 0.15) is 27.6 Å². The van der Waals surface area contributed by atoms with Gasteiger partial charge in [-0.05, 0) is 31.2 Å². The predicted octanol–water partition coefficient (Wildman–Crippen LogP) is 3.28. The molecule has 0 N–H and O–H groups in total. The van der Waals surface area contributed by atoms with Gasteiger partial charge in [0.15, 0.2) is 12.4 Å². The largest absolute Gasteiger partial charge is 0.477 e. The third kappa shape index (κ3) is 4.14. The zero-order valence-electron chi connectivity index (χ0n) is 11.9. The molecule has 0 bridgehead atoms. The number of ether oxygens (including phenoxy) is 2. The van der Waals surface area contributed by atoms with Crippen LogP contribution in [0.25, 0.3) is 0 Å². The number of hydrogen-bond donors (Lipinski definition) is 0. The minimum Gasteiger partial charge on any atom is -0.477 e. The van der Waals surface area contributed by atoms with Crippen LogP contribution in [0.15, 0.2) is 47.1 Å². The number of pyridine rings is 1. The maximum Gasteiger partial charge on any atom is 0.344 e. The summed E-state index contributed by atoms with van der Waals surface area (Å²) in [7, 11) is 0. The monoisotopic (exact) mass is 363 g/mol. The average Bonchev–Trinajstić information content (AvgIpc) is 2.54. The fourth-order valence-electron chi connectivity index (χ4n) is 1.73. The first-order chi connectivity index (χ1) is 10.6. The van der Waals surface area contributed by atoms with Gasteiger partial charge in [-0.3, -0.25) is 4.79 Å². The Morgan fingerprint density at radius 2 is 1.91 bits per heavy atom. The zero-order chi connectivity index (χ0) is 15.9. The summed E-state index contributed by atoms with van der Waals surface area (Å²) in [5.41, 5.74) is 0.681. The number of hydrogen-bond acceptors (Lipinski definition) is 5. The van der Waals surface area contributed by atoms with Crippen molar-refractivity contribution in [1.82, 2.24) is 4.98 Å². The van der Waals surface area contributed by atoms with E-state index in [1.165, 1.54) is 6.20 Å². The molecule has 2 aromatic rings. The number of halogens is 1. The van der Waals surface area contributed by atoms with Crippen LogP contribution in [0.2, 0.25) is 0 Å². The van der Waals surface area contributed by atoms with E-state index in [2.05, 4.69) is 20.9 Å². The molecule has 114 valence electrons. The van der Waals surface area contributed by atoms with Crippen molar-refractivity contribution >= 4 is 27.7 Å². The first-order valence-electron chi connectivity index (χ1n) is 6.65. The molecule has 0 aliphatic rings. The summed E-state index contributed by atoms with van der Waals surface area (Å²) >= 11 is 3.29. The molecule has 6 heteroatoms. The van der Waals surface area contributed by atoms with Crippen molar-refractivity contribution in [2.45, 2.75) is 6.92 Å². The van der Waals surface area contributed by atoms with Gasteiger partial charge >= 0.3 is 5.97 Å². The molecule has 0 spiro atoms. The van der Waals surface area contributed by atoms with Gasteiger partial charge in [0, 0.05) is 16.2 Å². The molecule has 0 aliphatic carbocycles. The number of Topliss-reactive ketones (excluding diaryl/α,β-unsaturated/α-hetero) is 1. The Hall–Kier alpha value is -2.21. The first kappa shape index (κ1) is 16.2. The molecule has 5 nitrogen and oxygen atoms in total.